The normalized spacial score (nSPS) is 10.7. The third kappa shape index (κ3) is 2.40. The summed E-state index contributed by atoms with van der Waals surface area (Å²) in [5, 5.41) is 15.7. The van der Waals surface area contributed by atoms with Crippen LogP contribution in [0.25, 0.3) is 5.52 Å². The number of halogens is 1. The largest absolute Gasteiger partial charge is 0.396 e. The monoisotopic (exact) mass is 253 g/mol. The maximum Gasteiger partial charge on any atom is 0.273 e. The minimum Gasteiger partial charge on any atom is -0.396 e. The van der Waals surface area contributed by atoms with E-state index in [0.29, 0.717) is 23.5 Å². The number of hydrogen-bond acceptors (Lipinski definition) is 3. The molecule has 0 aliphatic rings. The topological polar surface area (TPSA) is 66.6 Å². The van der Waals surface area contributed by atoms with E-state index in [4.69, 9.17) is 16.7 Å². The Morgan fingerprint density at radius 1 is 1.53 bits per heavy atom. The molecule has 2 rings (SSSR count). The zero-order valence-corrected chi connectivity index (χ0v) is 9.81. The van der Waals surface area contributed by atoms with Gasteiger partial charge in [0.15, 0.2) is 5.69 Å². The van der Waals surface area contributed by atoms with Crippen molar-refractivity contribution in [1.29, 1.82) is 0 Å². The molecule has 2 N–H and O–H groups in total. The summed E-state index contributed by atoms with van der Waals surface area (Å²) in [6.45, 7) is 0.443. The molecule has 6 heteroatoms. The highest BCUT2D eigenvalue weighted by Crippen LogP contribution is 2.21. The molecule has 0 spiro atoms. The van der Waals surface area contributed by atoms with E-state index in [0.717, 1.165) is 0 Å². The molecule has 0 saturated carbocycles. The molecule has 90 valence electrons. The van der Waals surface area contributed by atoms with E-state index < -0.39 is 0 Å². The number of pyridine rings is 1. The Morgan fingerprint density at radius 3 is 3.06 bits per heavy atom. The molecule has 0 aromatic carbocycles. The van der Waals surface area contributed by atoms with Crippen LogP contribution in [0, 0.1) is 0 Å². The first-order valence-electron chi connectivity index (χ1n) is 5.26. The number of carbonyl (C=O) groups is 1. The molecule has 17 heavy (non-hydrogen) atoms. The summed E-state index contributed by atoms with van der Waals surface area (Å²) in [5.41, 5.74) is 0.900. The molecule has 0 atom stereocenters. The Balaban J connectivity index is 2.23. The molecule has 0 radical (unpaired) electrons. The number of nitrogens with zero attached hydrogens (tertiary/aromatic N) is 2. The van der Waals surface area contributed by atoms with Gasteiger partial charge < -0.3 is 10.4 Å². The van der Waals surface area contributed by atoms with Gasteiger partial charge in [0.05, 0.1) is 10.5 Å². The van der Waals surface area contributed by atoms with Gasteiger partial charge in [-0.25, -0.2) is 4.52 Å². The van der Waals surface area contributed by atoms with Crippen molar-refractivity contribution in [3.63, 3.8) is 0 Å². The average Bonchev–Trinajstić information content (AvgIpc) is 2.68. The fraction of sp³-hybridized carbons (Fsp3) is 0.273. The van der Waals surface area contributed by atoms with Crippen molar-refractivity contribution in [3.05, 3.63) is 35.1 Å². The lowest BCUT2D eigenvalue weighted by Gasteiger charge is -2.00. The number of carbonyl (C=O) groups excluding carboxylic acids is 1. The second-order valence-corrected chi connectivity index (χ2v) is 3.90. The Labute approximate surface area is 103 Å². The third-order valence-electron chi connectivity index (χ3n) is 2.32. The Hall–Kier alpha value is -1.59. The minimum absolute atomic E-state index is 0.0409. The smallest absolute Gasteiger partial charge is 0.273 e. The summed E-state index contributed by atoms with van der Waals surface area (Å²) in [6.07, 6.45) is 2.24. The van der Waals surface area contributed by atoms with Crippen molar-refractivity contribution in [2.24, 2.45) is 0 Å². The number of hydrogen-bond donors (Lipinski definition) is 2. The lowest BCUT2D eigenvalue weighted by atomic mass is 10.3. The SMILES string of the molecule is O=C(NCCCO)c1nn2ccccc2c1Cl. The highest BCUT2D eigenvalue weighted by atomic mass is 35.5. The average molecular weight is 254 g/mol. The molecule has 2 heterocycles. The van der Waals surface area contributed by atoms with Crippen molar-refractivity contribution >= 4 is 23.0 Å². The summed E-state index contributed by atoms with van der Waals surface area (Å²) in [5.74, 6) is -0.327. The summed E-state index contributed by atoms with van der Waals surface area (Å²) >= 11 is 6.07. The van der Waals surface area contributed by atoms with Crippen LogP contribution in [0.2, 0.25) is 5.02 Å². The molecular weight excluding hydrogens is 242 g/mol. The molecule has 5 nitrogen and oxygen atoms in total. The molecule has 2 aromatic rings. The van der Waals surface area contributed by atoms with Crippen molar-refractivity contribution < 1.29 is 9.90 Å². The number of amides is 1. The van der Waals surface area contributed by atoms with Crippen LogP contribution in [0.15, 0.2) is 24.4 Å². The van der Waals surface area contributed by atoms with Crippen LogP contribution in [0.1, 0.15) is 16.9 Å². The Kier molecular flexibility index (Phi) is 3.61. The molecule has 1 amide bonds. The molecular formula is C11H12ClN3O2. The van der Waals surface area contributed by atoms with Crippen LogP contribution in [-0.2, 0) is 0 Å². The molecule has 0 unspecified atom stereocenters. The van der Waals surface area contributed by atoms with Gasteiger partial charge in [0.1, 0.15) is 0 Å². The highest BCUT2D eigenvalue weighted by Gasteiger charge is 2.16. The maximum atomic E-state index is 11.8. The van der Waals surface area contributed by atoms with Gasteiger partial charge in [0.2, 0.25) is 0 Å². The Bertz CT molecular complexity index is 538. The lowest BCUT2D eigenvalue weighted by Crippen LogP contribution is -2.25. The van der Waals surface area contributed by atoms with Gasteiger partial charge in [-0.2, -0.15) is 5.10 Å². The van der Waals surface area contributed by atoms with Crippen LogP contribution in [0.4, 0.5) is 0 Å². The standard InChI is InChI=1S/C11H12ClN3O2/c12-9-8-4-1-2-6-15(8)14-10(9)11(17)13-5-3-7-16/h1-2,4,6,16H,3,5,7H2,(H,13,17). The van der Waals surface area contributed by atoms with E-state index in [1.54, 1.807) is 16.8 Å². The number of fused-ring (bicyclic) bond motifs is 1. The van der Waals surface area contributed by atoms with Gasteiger partial charge in [0, 0.05) is 19.3 Å². The number of nitrogens with one attached hydrogen (secondary N) is 1. The summed E-state index contributed by atoms with van der Waals surface area (Å²) < 4.78 is 1.56. The van der Waals surface area contributed by atoms with Gasteiger partial charge >= 0.3 is 0 Å². The number of aliphatic hydroxyl groups is 1. The lowest BCUT2D eigenvalue weighted by molar-refractivity contribution is 0.0946. The summed E-state index contributed by atoms with van der Waals surface area (Å²) in [4.78, 5) is 11.8. The van der Waals surface area contributed by atoms with Crippen molar-refractivity contribution in [2.45, 2.75) is 6.42 Å². The zero-order chi connectivity index (χ0) is 12.3. The predicted octanol–water partition coefficient (Wildman–Crippen LogP) is 1.10. The van der Waals surface area contributed by atoms with E-state index in [9.17, 15) is 4.79 Å². The fourth-order valence-corrected chi connectivity index (χ4v) is 1.75. The summed E-state index contributed by atoms with van der Waals surface area (Å²) in [7, 11) is 0. The van der Waals surface area contributed by atoms with Crippen molar-refractivity contribution in [2.75, 3.05) is 13.2 Å². The van der Waals surface area contributed by atoms with E-state index in [-0.39, 0.29) is 18.2 Å². The first-order chi connectivity index (χ1) is 8.24. The van der Waals surface area contributed by atoms with Gasteiger partial charge in [-0.1, -0.05) is 17.7 Å². The summed E-state index contributed by atoms with van der Waals surface area (Å²) in [6, 6.07) is 5.43. The quantitative estimate of drug-likeness (QED) is 0.802. The first kappa shape index (κ1) is 11.9. The number of aromatic nitrogens is 2. The molecule has 0 saturated heterocycles. The van der Waals surface area contributed by atoms with Gasteiger partial charge in [-0.3, -0.25) is 4.79 Å². The molecule has 0 aliphatic carbocycles. The molecule has 0 bridgehead atoms. The molecule has 2 aromatic heterocycles. The second-order valence-electron chi connectivity index (χ2n) is 3.53. The number of aliphatic hydroxyl groups excluding tert-OH is 1. The third-order valence-corrected chi connectivity index (χ3v) is 2.69. The number of rotatable bonds is 4. The van der Waals surface area contributed by atoms with E-state index in [2.05, 4.69) is 10.4 Å². The minimum atomic E-state index is -0.327. The van der Waals surface area contributed by atoms with Crippen molar-refractivity contribution in [1.82, 2.24) is 14.9 Å². The van der Waals surface area contributed by atoms with Gasteiger partial charge in [-0.05, 0) is 18.6 Å². The molecule has 0 aliphatic heterocycles. The van der Waals surface area contributed by atoms with Crippen LogP contribution >= 0.6 is 11.6 Å². The van der Waals surface area contributed by atoms with Crippen LogP contribution in [-0.4, -0.2) is 33.8 Å². The van der Waals surface area contributed by atoms with Gasteiger partial charge in [0.25, 0.3) is 5.91 Å². The van der Waals surface area contributed by atoms with Crippen LogP contribution < -0.4 is 5.32 Å². The van der Waals surface area contributed by atoms with Crippen LogP contribution in [0.3, 0.4) is 0 Å². The highest BCUT2D eigenvalue weighted by molar-refractivity contribution is 6.36. The van der Waals surface area contributed by atoms with Gasteiger partial charge in [-0.15, -0.1) is 0 Å². The first-order valence-corrected chi connectivity index (χ1v) is 5.63. The zero-order valence-electron chi connectivity index (χ0n) is 9.06. The van der Waals surface area contributed by atoms with Crippen LogP contribution in [0.5, 0.6) is 0 Å². The van der Waals surface area contributed by atoms with E-state index in [1.807, 2.05) is 12.1 Å². The van der Waals surface area contributed by atoms with Crippen molar-refractivity contribution in [3.8, 4) is 0 Å². The predicted molar refractivity (Wildman–Crippen MR) is 64.2 cm³/mol. The van der Waals surface area contributed by atoms with E-state index >= 15 is 0 Å². The fourth-order valence-electron chi connectivity index (χ4n) is 1.48. The Morgan fingerprint density at radius 2 is 2.35 bits per heavy atom. The second kappa shape index (κ2) is 5.16. The molecule has 0 fully saturated rings. The van der Waals surface area contributed by atoms with E-state index in [1.165, 1.54) is 0 Å². The maximum absolute atomic E-state index is 11.8.